The lowest BCUT2D eigenvalue weighted by Crippen LogP contribution is -2.28. The molecule has 2 aromatic rings. The van der Waals surface area contributed by atoms with Gasteiger partial charge in [-0.25, -0.2) is 4.79 Å². The van der Waals surface area contributed by atoms with Gasteiger partial charge in [0.2, 0.25) is 5.75 Å². The zero-order chi connectivity index (χ0) is 23.5. The lowest BCUT2D eigenvalue weighted by atomic mass is 10.0. The number of nitrogens with zero attached hydrogens (tertiary/aromatic N) is 1. The fourth-order valence-electron chi connectivity index (χ4n) is 3.28. The summed E-state index contributed by atoms with van der Waals surface area (Å²) in [6.45, 7) is 6.91. The molecule has 0 amide bonds. The zero-order valence-electron chi connectivity index (χ0n) is 19.8. The zero-order valence-corrected chi connectivity index (χ0v) is 19.8. The maximum atomic E-state index is 13.2. The molecule has 2 rings (SSSR count). The van der Waals surface area contributed by atoms with Crippen molar-refractivity contribution in [3.05, 3.63) is 47.5 Å². The highest BCUT2D eigenvalue weighted by Gasteiger charge is 2.20. The summed E-state index contributed by atoms with van der Waals surface area (Å²) in [4.78, 5) is 15.4. The van der Waals surface area contributed by atoms with Crippen molar-refractivity contribution in [1.29, 1.82) is 0 Å². The highest BCUT2D eigenvalue weighted by atomic mass is 16.5. The van der Waals surface area contributed by atoms with Gasteiger partial charge in [0, 0.05) is 6.54 Å². The summed E-state index contributed by atoms with van der Waals surface area (Å²) in [6.07, 6.45) is 1.77. The van der Waals surface area contributed by atoms with Gasteiger partial charge >= 0.3 is 5.97 Å². The Morgan fingerprint density at radius 3 is 2.09 bits per heavy atom. The van der Waals surface area contributed by atoms with Crippen molar-refractivity contribution in [3.8, 4) is 23.0 Å². The van der Waals surface area contributed by atoms with Crippen molar-refractivity contribution >= 4 is 17.6 Å². The van der Waals surface area contributed by atoms with Crippen LogP contribution in [0.3, 0.4) is 0 Å². The summed E-state index contributed by atoms with van der Waals surface area (Å²) >= 11 is 0. The summed E-state index contributed by atoms with van der Waals surface area (Å²) in [5, 5.41) is 0. The summed E-state index contributed by atoms with van der Waals surface area (Å²) in [5.41, 5.74) is 1.76. The van der Waals surface area contributed by atoms with Gasteiger partial charge in [-0.2, -0.15) is 0 Å². The van der Waals surface area contributed by atoms with Crippen LogP contribution in [-0.2, 0) is 9.53 Å². The molecule has 0 N–H and O–H groups in total. The van der Waals surface area contributed by atoms with Crippen LogP contribution in [0.15, 0.2) is 36.4 Å². The Morgan fingerprint density at radius 1 is 0.906 bits per heavy atom. The van der Waals surface area contributed by atoms with E-state index in [1.165, 1.54) is 21.3 Å². The number of carbonyl (C=O) groups is 1. The van der Waals surface area contributed by atoms with E-state index in [1.807, 2.05) is 24.3 Å². The third kappa shape index (κ3) is 6.40. The SMILES string of the molecule is CCN(CC)CCOC(=O)/C(=C\c1cccc(OC)c1)c1cc(OC)c(OC)c(OC)c1. The molecule has 32 heavy (non-hydrogen) atoms. The number of rotatable bonds is 12. The van der Waals surface area contributed by atoms with Crippen LogP contribution in [0.1, 0.15) is 25.0 Å². The number of esters is 1. The molecule has 0 fully saturated rings. The molecule has 0 bridgehead atoms. The topological polar surface area (TPSA) is 66.5 Å². The first kappa shape index (κ1) is 25.1. The lowest BCUT2D eigenvalue weighted by Gasteiger charge is -2.18. The lowest BCUT2D eigenvalue weighted by molar-refractivity contribution is -0.136. The highest BCUT2D eigenvalue weighted by Crippen LogP contribution is 2.40. The molecule has 0 aliphatic rings. The van der Waals surface area contributed by atoms with Gasteiger partial charge in [0.15, 0.2) is 11.5 Å². The van der Waals surface area contributed by atoms with Crippen LogP contribution in [-0.4, -0.2) is 65.5 Å². The molecule has 0 atom stereocenters. The minimum Gasteiger partial charge on any atom is -0.497 e. The van der Waals surface area contributed by atoms with Gasteiger partial charge in [0.1, 0.15) is 12.4 Å². The first-order valence-corrected chi connectivity index (χ1v) is 10.6. The minimum absolute atomic E-state index is 0.292. The average Bonchev–Trinajstić information content (AvgIpc) is 2.84. The predicted octanol–water partition coefficient (Wildman–Crippen LogP) is 4.15. The molecular weight excluding hydrogens is 410 g/mol. The Balaban J connectivity index is 2.48. The second kappa shape index (κ2) is 12.6. The minimum atomic E-state index is -0.436. The third-order valence-electron chi connectivity index (χ3n) is 5.14. The maximum Gasteiger partial charge on any atom is 0.338 e. The molecule has 0 saturated carbocycles. The van der Waals surface area contributed by atoms with E-state index in [1.54, 1.807) is 25.3 Å². The molecule has 0 heterocycles. The van der Waals surface area contributed by atoms with Crippen LogP contribution < -0.4 is 18.9 Å². The molecule has 0 aliphatic heterocycles. The van der Waals surface area contributed by atoms with Gasteiger partial charge in [-0.15, -0.1) is 0 Å². The van der Waals surface area contributed by atoms with Crippen LogP contribution in [0.2, 0.25) is 0 Å². The first-order valence-electron chi connectivity index (χ1n) is 10.6. The Bertz CT molecular complexity index is 895. The van der Waals surface area contributed by atoms with Crippen molar-refractivity contribution in [2.45, 2.75) is 13.8 Å². The summed E-state index contributed by atoms with van der Waals surface area (Å²) in [7, 11) is 6.21. The van der Waals surface area contributed by atoms with Crippen molar-refractivity contribution < 1.29 is 28.5 Å². The van der Waals surface area contributed by atoms with Crippen LogP contribution in [0, 0.1) is 0 Å². The van der Waals surface area contributed by atoms with Crippen molar-refractivity contribution in [2.24, 2.45) is 0 Å². The van der Waals surface area contributed by atoms with E-state index in [2.05, 4.69) is 18.7 Å². The number of hydrogen-bond acceptors (Lipinski definition) is 7. The van der Waals surface area contributed by atoms with E-state index in [9.17, 15) is 4.79 Å². The quantitative estimate of drug-likeness (QED) is 0.277. The number of hydrogen-bond donors (Lipinski definition) is 0. The Kier molecular flexibility index (Phi) is 9.88. The second-order valence-electron chi connectivity index (χ2n) is 6.91. The predicted molar refractivity (Wildman–Crippen MR) is 126 cm³/mol. The monoisotopic (exact) mass is 443 g/mol. The van der Waals surface area contributed by atoms with Gasteiger partial charge in [-0.1, -0.05) is 26.0 Å². The number of carbonyl (C=O) groups excluding carboxylic acids is 1. The van der Waals surface area contributed by atoms with Crippen molar-refractivity contribution in [1.82, 2.24) is 4.90 Å². The van der Waals surface area contributed by atoms with Crippen LogP contribution in [0.5, 0.6) is 23.0 Å². The average molecular weight is 444 g/mol. The van der Waals surface area contributed by atoms with Gasteiger partial charge in [0.05, 0.1) is 34.0 Å². The summed E-state index contributed by atoms with van der Waals surface area (Å²) in [5.74, 6) is 1.62. The Labute approximate surface area is 190 Å². The molecule has 7 nitrogen and oxygen atoms in total. The Morgan fingerprint density at radius 2 is 1.56 bits per heavy atom. The van der Waals surface area contributed by atoms with Crippen LogP contribution >= 0.6 is 0 Å². The molecule has 0 spiro atoms. The summed E-state index contributed by atoms with van der Waals surface area (Å²) < 4.78 is 27.3. The Hall–Kier alpha value is -3.19. The van der Waals surface area contributed by atoms with E-state index in [0.717, 1.165) is 18.7 Å². The number of ether oxygens (including phenoxy) is 5. The fourth-order valence-corrected chi connectivity index (χ4v) is 3.28. The molecule has 0 saturated heterocycles. The standard InChI is InChI=1S/C25H33NO6/c1-7-26(8-2)12-13-32-25(27)21(15-18-10-9-11-20(14-18)28-3)19-16-22(29-4)24(31-6)23(17-19)30-5/h9-11,14-17H,7-8,12-13H2,1-6H3/b21-15-. The highest BCUT2D eigenvalue weighted by molar-refractivity contribution is 6.21. The molecule has 0 radical (unpaired) electrons. The molecule has 2 aromatic carbocycles. The van der Waals surface area contributed by atoms with E-state index in [0.29, 0.717) is 47.3 Å². The first-order chi connectivity index (χ1) is 15.5. The third-order valence-corrected chi connectivity index (χ3v) is 5.14. The maximum absolute atomic E-state index is 13.2. The number of benzene rings is 2. The molecule has 174 valence electrons. The fraction of sp³-hybridized carbons (Fsp3) is 0.400. The van der Waals surface area contributed by atoms with E-state index < -0.39 is 5.97 Å². The summed E-state index contributed by atoms with van der Waals surface area (Å²) in [6, 6.07) is 10.9. The van der Waals surface area contributed by atoms with Gasteiger partial charge in [0.25, 0.3) is 0 Å². The molecule has 7 heteroatoms. The molecule has 0 aromatic heterocycles. The van der Waals surface area contributed by atoms with Gasteiger partial charge in [-0.05, 0) is 54.6 Å². The van der Waals surface area contributed by atoms with Crippen LogP contribution in [0.4, 0.5) is 0 Å². The largest absolute Gasteiger partial charge is 0.497 e. The molecule has 0 aliphatic carbocycles. The number of methoxy groups -OCH3 is 4. The van der Waals surface area contributed by atoms with Gasteiger partial charge in [-0.3, -0.25) is 0 Å². The van der Waals surface area contributed by atoms with Crippen molar-refractivity contribution in [2.75, 3.05) is 54.7 Å². The number of likely N-dealkylation sites (N-methyl/N-ethyl adjacent to an activating group) is 1. The second-order valence-corrected chi connectivity index (χ2v) is 6.91. The van der Waals surface area contributed by atoms with E-state index in [-0.39, 0.29) is 0 Å². The van der Waals surface area contributed by atoms with Crippen molar-refractivity contribution in [3.63, 3.8) is 0 Å². The van der Waals surface area contributed by atoms with E-state index >= 15 is 0 Å². The van der Waals surface area contributed by atoms with Crippen LogP contribution in [0.25, 0.3) is 11.6 Å². The van der Waals surface area contributed by atoms with Gasteiger partial charge < -0.3 is 28.6 Å². The molecule has 0 unspecified atom stereocenters. The van der Waals surface area contributed by atoms with E-state index in [4.69, 9.17) is 23.7 Å². The normalized spacial score (nSPS) is 11.3. The molecular formula is C25H33NO6. The smallest absolute Gasteiger partial charge is 0.338 e.